The lowest BCUT2D eigenvalue weighted by Crippen LogP contribution is -2.41. The minimum atomic E-state index is -1.59. The highest BCUT2D eigenvalue weighted by Crippen LogP contribution is 2.26. The van der Waals surface area contributed by atoms with Crippen LogP contribution < -0.4 is 10.9 Å². The number of methoxy groups -OCH3 is 1. The Morgan fingerprint density at radius 1 is 1.28 bits per heavy atom. The van der Waals surface area contributed by atoms with Crippen LogP contribution in [0.4, 0.5) is 10.5 Å². The summed E-state index contributed by atoms with van der Waals surface area (Å²) in [7, 11) is 1.23. The fraction of sp³-hybridized carbons (Fsp3) is 0.381. The van der Waals surface area contributed by atoms with Gasteiger partial charge in [-0.3, -0.25) is 5.32 Å². The molecular formula is C21H23NO7. The molecule has 154 valence electrons. The van der Waals surface area contributed by atoms with Gasteiger partial charge in [0.25, 0.3) is 0 Å². The van der Waals surface area contributed by atoms with Gasteiger partial charge in [0.05, 0.1) is 7.11 Å². The van der Waals surface area contributed by atoms with Gasteiger partial charge < -0.3 is 19.0 Å². The second-order valence-electron chi connectivity index (χ2n) is 7.06. The Balaban J connectivity index is 1.67. The molecule has 1 aromatic heterocycles. The maximum Gasteiger partial charge on any atom is 0.412 e. The van der Waals surface area contributed by atoms with Crippen LogP contribution in [0.15, 0.2) is 45.6 Å². The maximum absolute atomic E-state index is 12.3. The van der Waals surface area contributed by atoms with Gasteiger partial charge in [-0.2, -0.15) is 0 Å². The standard InChI is InChI=1S/C21H23NO7/c1-13-11-18(23)29-17-12-14(6-7-16(13)17)22-20(25)28-15-5-3-4-9-21(26,10-8-15)19(24)27-2/h3,5-7,11-12,15,26H,4,8-10H2,1-2H3,(H,22,25)/b5-3+/t15-,21-/m0/s1. The predicted molar refractivity (Wildman–Crippen MR) is 106 cm³/mol. The Bertz CT molecular complexity index is 1010. The van der Waals surface area contributed by atoms with Crippen molar-refractivity contribution in [3.05, 3.63) is 52.4 Å². The molecular weight excluding hydrogens is 378 g/mol. The van der Waals surface area contributed by atoms with Gasteiger partial charge in [0, 0.05) is 23.2 Å². The van der Waals surface area contributed by atoms with E-state index in [0.29, 0.717) is 17.7 Å². The smallest absolute Gasteiger partial charge is 0.412 e. The average Bonchev–Trinajstić information content (AvgIpc) is 2.66. The van der Waals surface area contributed by atoms with Gasteiger partial charge in [0.15, 0.2) is 5.60 Å². The number of nitrogens with one attached hydrogen (secondary N) is 1. The van der Waals surface area contributed by atoms with E-state index in [4.69, 9.17) is 9.15 Å². The van der Waals surface area contributed by atoms with E-state index in [2.05, 4.69) is 10.1 Å². The Morgan fingerprint density at radius 3 is 2.83 bits per heavy atom. The first-order chi connectivity index (χ1) is 13.8. The SMILES string of the molecule is COC(=O)[C@]1(O)CC/C=C/[C@H](OC(=O)Nc2ccc3c(C)cc(=O)oc3c2)CC1. The summed E-state index contributed by atoms with van der Waals surface area (Å²) in [6, 6.07) is 6.38. The molecule has 0 saturated heterocycles. The lowest BCUT2D eigenvalue weighted by molar-refractivity contribution is -0.164. The molecule has 1 aliphatic carbocycles. The molecule has 1 aromatic carbocycles. The largest absolute Gasteiger partial charge is 0.467 e. The monoisotopic (exact) mass is 401 g/mol. The lowest BCUT2D eigenvalue weighted by Gasteiger charge is -2.28. The molecule has 0 bridgehead atoms. The zero-order valence-corrected chi connectivity index (χ0v) is 16.3. The van der Waals surface area contributed by atoms with Crippen LogP contribution in [0, 0.1) is 6.92 Å². The van der Waals surface area contributed by atoms with Crippen molar-refractivity contribution in [1.29, 1.82) is 0 Å². The van der Waals surface area contributed by atoms with Gasteiger partial charge in [-0.25, -0.2) is 14.4 Å². The molecule has 1 heterocycles. The number of carbonyl (C=O) groups is 2. The van der Waals surface area contributed by atoms with Gasteiger partial charge >= 0.3 is 17.7 Å². The first-order valence-electron chi connectivity index (χ1n) is 9.30. The molecule has 0 fully saturated rings. The van der Waals surface area contributed by atoms with Gasteiger partial charge in [-0.15, -0.1) is 0 Å². The number of amides is 1. The highest BCUT2D eigenvalue weighted by Gasteiger charge is 2.37. The average molecular weight is 401 g/mol. The summed E-state index contributed by atoms with van der Waals surface area (Å²) in [5.74, 6) is -0.691. The summed E-state index contributed by atoms with van der Waals surface area (Å²) in [5, 5.41) is 13.8. The van der Waals surface area contributed by atoms with E-state index in [-0.39, 0.29) is 19.3 Å². The molecule has 0 aliphatic heterocycles. The number of esters is 1. The van der Waals surface area contributed by atoms with Crippen molar-refractivity contribution in [3.8, 4) is 0 Å². The van der Waals surface area contributed by atoms with Crippen molar-refractivity contribution >= 4 is 28.7 Å². The van der Waals surface area contributed by atoms with Gasteiger partial charge in [0.1, 0.15) is 11.7 Å². The van der Waals surface area contributed by atoms with Crippen LogP contribution >= 0.6 is 0 Å². The van der Waals surface area contributed by atoms with E-state index in [9.17, 15) is 19.5 Å². The molecule has 2 atom stereocenters. The highest BCUT2D eigenvalue weighted by atomic mass is 16.6. The van der Waals surface area contributed by atoms with Crippen molar-refractivity contribution in [2.75, 3.05) is 12.4 Å². The fourth-order valence-corrected chi connectivity index (χ4v) is 3.35. The molecule has 1 amide bonds. The third kappa shape index (κ3) is 4.83. The molecule has 29 heavy (non-hydrogen) atoms. The third-order valence-electron chi connectivity index (χ3n) is 4.94. The number of rotatable bonds is 3. The zero-order valence-electron chi connectivity index (χ0n) is 16.3. The topological polar surface area (TPSA) is 115 Å². The van der Waals surface area contributed by atoms with Gasteiger partial charge in [-0.05, 0) is 56.4 Å². The number of fused-ring (bicyclic) bond motifs is 1. The van der Waals surface area contributed by atoms with E-state index in [0.717, 1.165) is 10.9 Å². The van der Waals surface area contributed by atoms with Crippen LogP contribution in [-0.4, -0.2) is 36.0 Å². The van der Waals surface area contributed by atoms with E-state index in [1.54, 1.807) is 37.3 Å². The van der Waals surface area contributed by atoms with E-state index < -0.39 is 29.4 Å². The van der Waals surface area contributed by atoms with Gasteiger partial charge in [-0.1, -0.05) is 6.08 Å². The molecule has 2 aromatic rings. The second kappa shape index (κ2) is 8.48. The summed E-state index contributed by atoms with van der Waals surface area (Å²) < 4.78 is 15.2. The summed E-state index contributed by atoms with van der Waals surface area (Å²) in [5.41, 5.74) is -0.500. The fourth-order valence-electron chi connectivity index (χ4n) is 3.35. The van der Waals surface area contributed by atoms with Crippen molar-refractivity contribution in [2.24, 2.45) is 0 Å². The Morgan fingerprint density at radius 2 is 2.07 bits per heavy atom. The minimum Gasteiger partial charge on any atom is -0.467 e. The highest BCUT2D eigenvalue weighted by molar-refractivity contribution is 5.90. The molecule has 1 aliphatic rings. The Hall–Kier alpha value is -3.13. The molecule has 8 heteroatoms. The summed E-state index contributed by atoms with van der Waals surface area (Å²) in [6.45, 7) is 1.80. The summed E-state index contributed by atoms with van der Waals surface area (Å²) in [4.78, 5) is 35.7. The van der Waals surface area contributed by atoms with Crippen molar-refractivity contribution in [3.63, 3.8) is 0 Å². The van der Waals surface area contributed by atoms with Crippen LogP contribution in [0.3, 0.4) is 0 Å². The Labute approximate surface area is 167 Å². The first kappa shape index (κ1) is 20.6. The number of benzene rings is 1. The van der Waals surface area contributed by atoms with Crippen molar-refractivity contribution < 1.29 is 28.6 Å². The summed E-state index contributed by atoms with van der Waals surface area (Å²) in [6.07, 6.45) is 3.28. The second-order valence-corrected chi connectivity index (χ2v) is 7.06. The van der Waals surface area contributed by atoms with Gasteiger partial charge in [0.2, 0.25) is 0 Å². The lowest BCUT2D eigenvalue weighted by atomic mass is 9.88. The quantitative estimate of drug-likeness (QED) is 0.461. The number of carbonyl (C=O) groups excluding carboxylic acids is 2. The van der Waals surface area contributed by atoms with Crippen molar-refractivity contribution in [2.45, 2.75) is 44.3 Å². The normalized spacial score (nSPS) is 22.9. The molecule has 0 saturated carbocycles. The molecule has 8 nitrogen and oxygen atoms in total. The maximum atomic E-state index is 12.3. The minimum absolute atomic E-state index is 0.113. The zero-order chi connectivity index (χ0) is 21.0. The number of ether oxygens (including phenoxy) is 2. The van der Waals surface area contributed by atoms with E-state index in [1.807, 2.05) is 0 Å². The summed E-state index contributed by atoms with van der Waals surface area (Å²) >= 11 is 0. The van der Waals surface area contributed by atoms with Crippen molar-refractivity contribution in [1.82, 2.24) is 0 Å². The Kier molecular flexibility index (Phi) is 6.03. The van der Waals surface area contributed by atoms with Crippen LogP contribution in [-0.2, 0) is 14.3 Å². The van der Waals surface area contributed by atoms with Crippen LogP contribution in [0.2, 0.25) is 0 Å². The number of anilines is 1. The van der Waals surface area contributed by atoms with Crippen LogP contribution in [0.25, 0.3) is 11.0 Å². The molecule has 0 spiro atoms. The van der Waals surface area contributed by atoms with E-state index in [1.165, 1.54) is 13.2 Å². The number of hydrogen-bond acceptors (Lipinski definition) is 7. The first-order valence-corrected chi connectivity index (χ1v) is 9.30. The number of aryl methyl sites for hydroxylation is 1. The molecule has 0 radical (unpaired) electrons. The number of hydrogen-bond donors (Lipinski definition) is 2. The molecule has 3 rings (SSSR count). The third-order valence-corrected chi connectivity index (χ3v) is 4.94. The molecule has 2 N–H and O–H groups in total. The van der Waals surface area contributed by atoms with Crippen LogP contribution in [0.1, 0.15) is 31.2 Å². The molecule has 0 unspecified atom stereocenters. The predicted octanol–water partition coefficient (Wildman–Crippen LogP) is 3.05. The number of aliphatic hydroxyl groups is 1. The van der Waals surface area contributed by atoms with E-state index >= 15 is 0 Å². The van der Waals surface area contributed by atoms with Crippen LogP contribution in [0.5, 0.6) is 0 Å². The number of allylic oxidation sites excluding steroid dienone is 1.